The van der Waals surface area contributed by atoms with Crippen LogP contribution in [0.1, 0.15) is 58.7 Å². The van der Waals surface area contributed by atoms with Crippen molar-refractivity contribution in [1.82, 2.24) is 15.2 Å². The summed E-state index contributed by atoms with van der Waals surface area (Å²) in [5.74, 6) is -0.158. The van der Waals surface area contributed by atoms with Crippen LogP contribution in [0.4, 0.5) is 0 Å². The number of carbonyl (C=O) groups excluding carboxylic acids is 3. The van der Waals surface area contributed by atoms with Gasteiger partial charge in [-0.2, -0.15) is 0 Å². The topological polar surface area (TPSA) is 126 Å². The van der Waals surface area contributed by atoms with Crippen molar-refractivity contribution in [3.05, 3.63) is 41.0 Å². The molecular formula is C26H41BrN4O4S. The Kier molecular flexibility index (Phi) is 16.9. The van der Waals surface area contributed by atoms with Crippen LogP contribution in [0, 0.1) is 12.3 Å². The second kappa shape index (κ2) is 18.0. The average Bonchev–Trinajstić information content (AvgIpc) is 3.47. The number of aliphatic hydroxyl groups excluding tert-OH is 1. The van der Waals surface area contributed by atoms with E-state index in [1.165, 1.54) is 10.4 Å². The first kappa shape index (κ1) is 33.7. The van der Waals surface area contributed by atoms with E-state index in [2.05, 4.69) is 64.9 Å². The molecule has 0 saturated carbocycles. The summed E-state index contributed by atoms with van der Waals surface area (Å²) in [5, 5.41) is 12.1. The minimum absolute atomic E-state index is 0.0463. The number of alkyl halides is 1. The number of hydrogen-bond acceptors (Lipinski definition) is 6. The number of primary amides is 1. The molecule has 1 atom stereocenters. The Balaban J connectivity index is 0.000000551. The molecular weight excluding hydrogens is 544 g/mol. The largest absolute Gasteiger partial charge is 0.391 e. The summed E-state index contributed by atoms with van der Waals surface area (Å²) in [5.41, 5.74) is 9.84. The lowest BCUT2D eigenvalue weighted by molar-refractivity contribution is -0.132. The van der Waals surface area contributed by atoms with Crippen LogP contribution >= 0.6 is 27.3 Å². The van der Waals surface area contributed by atoms with Crippen molar-refractivity contribution in [2.45, 2.75) is 67.0 Å². The van der Waals surface area contributed by atoms with Gasteiger partial charge in [0.2, 0.25) is 18.2 Å². The van der Waals surface area contributed by atoms with Crippen molar-refractivity contribution in [1.29, 1.82) is 0 Å². The third-order valence-corrected chi connectivity index (χ3v) is 6.21. The van der Waals surface area contributed by atoms with Crippen molar-refractivity contribution >= 4 is 45.5 Å². The third kappa shape index (κ3) is 14.3. The van der Waals surface area contributed by atoms with Gasteiger partial charge in [0.1, 0.15) is 0 Å². The highest BCUT2D eigenvalue weighted by molar-refractivity contribution is 9.09. The van der Waals surface area contributed by atoms with Crippen molar-refractivity contribution in [3.63, 3.8) is 0 Å². The molecule has 10 heteroatoms. The van der Waals surface area contributed by atoms with Gasteiger partial charge in [0.15, 0.2) is 0 Å². The van der Waals surface area contributed by atoms with Crippen LogP contribution in [0.25, 0.3) is 10.4 Å². The van der Waals surface area contributed by atoms with E-state index < -0.39 is 0 Å². The summed E-state index contributed by atoms with van der Waals surface area (Å²) in [6.07, 6.45) is 1.71. The third-order valence-electron chi connectivity index (χ3n) is 4.68. The molecule has 1 unspecified atom stereocenters. The number of amides is 3. The van der Waals surface area contributed by atoms with E-state index in [1.807, 2.05) is 38.4 Å². The van der Waals surface area contributed by atoms with Crippen LogP contribution in [-0.2, 0) is 20.9 Å². The number of β-amino-alcohol motifs (C(OH)–C–C–N with tert-alkyl or cyclic N) is 1. The molecule has 4 N–H and O–H groups in total. The van der Waals surface area contributed by atoms with Gasteiger partial charge in [0.25, 0.3) is 0 Å². The predicted octanol–water partition coefficient (Wildman–Crippen LogP) is 4.27. The summed E-state index contributed by atoms with van der Waals surface area (Å²) in [7, 11) is 0. The van der Waals surface area contributed by atoms with E-state index in [9.17, 15) is 19.5 Å². The number of aryl methyl sites for hydroxylation is 1. The number of halogens is 1. The number of hydrogen-bond donors (Lipinski definition) is 3. The molecule has 202 valence electrons. The molecule has 0 radical (unpaired) electrons. The van der Waals surface area contributed by atoms with E-state index >= 15 is 0 Å². The second-order valence-corrected chi connectivity index (χ2v) is 10.5. The Morgan fingerprint density at radius 3 is 2.25 bits per heavy atom. The average molecular weight is 586 g/mol. The second-order valence-electron chi connectivity index (χ2n) is 9.08. The maximum Gasteiger partial charge on any atom is 0.228 e. The fourth-order valence-electron chi connectivity index (χ4n) is 3.05. The normalized spacial score (nSPS) is 14.2. The number of aliphatic hydroxyl groups is 1. The van der Waals surface area contributed by atoms with Gasteiger partial charge in [0, 0.05) is 26.1 Å². The summed E-state index contributed by atoms with van der Waals surface area (Å²) < 4.78 is 0. The minimum Gasteiger partial charge on any atom is -0.391 e. The molecule has 1 aliphatic heterocycles. The van der Waals surface area contributed by atoms with E-state index in [4.69, 9.17) is 0 Å². The van der Waals surface area contributed by atoms with Gasteiger partial charge < -0.3 is 21.1 Å². The highest BCUT2D eigenvalue weighted by atomic mass is 79.9. The van der Waals surface area contributed by atoms with Crippen LogP contribution < -0.4 is 11.1 Å². The van der Waals surface area contributed by atoms with E-state index in [0.717, 1.165) is 24.2 Å². The zero-order chi connectivity index (χ0) is 27.7. The van der Waals surface area contributed by atoms with Crippen LogP contribution in [0.2, 0.25) is 0 Å². The van der Waals surface area contributed by atoms with Crippen molar-refractivity contribution in [2.75, 3.05) is 18.4 Å². The SMILES string of the molecule is CC.CC(C)(C)CC(=O)N1CCC(O)C1.Cc1ncsc1-c1ccc(CNC=O)cc1.NC(=O)CBr. The molecule has 8 nitrogen and oxygen atoms in total. The maximum atomic E-state index is 11.6. The van der Waals surface area contributed by atoms with Gasteiger partial charge in [-0.3, -0.25) is 14.4 Å². The van der Waals surface area contributed by atoms with E-state index in [0.29, 0.717) is 25.9 Å². The molecule has 1 fully saturated rings. The minimum atomic E-state index is -0.329. The molecule has 0 spiro atoms. The number of benzene rings is 1. The van der Waals surface area contributed by atoms with Gasteiger partial charge in [0.05, 0.1) is 27.5 Å². The number of likely N-dealkylation sites (tertiary alicyclic amines) is 1. The molecule has 1 aromatic carbocycles. The highest BCUT2D eigenvalue weighted by Gasteiger charge is 2.27. The van der Waals surface area contributed by atoms with Gasteiger partial charge >= 0.3 is 0 Å². The summed E-state index contributed by atoms with van der Waals surface area (Å²) >= 11 is 4.48. The van der Waals surface area contributed by atoms with Gasteiger partial charge in [-0.05, 0) is 29.9 Å². The molecule has 1 saturated heterocycles. The zero-order valence-corrected chi connectivity index (χ0v) is 24.6. The Morgan fingerprint density at radius 2 is 1.86 bits per heavy atom. The molecule has 0 aliphatic carbocycles. The van der Waals surface area contributed by atoms with Crippen LogP contribution in [-0.4, -0.2) is 57.7 Å². The molecule has 1 aromatic heterocycles. The molecule has 3 amide bonds. The monoisotopic (exact) mass is 584 g/mol. The molecule has 2 aromatic rings. The first-order chi connectivity index (χ1) is 17.0. The molecule has 1 aliphatic rings. The molecule has 36 heavy (non-hydrogen) atoms. The number of nitrogens with two attached hydrogens (primary N) is 1. The lowest BCUT2D eigenvalue weighted by Gasteiger charge is -2.22. The number of nitrogens with one attached hydrogen (secondary N) is 1. The Labute approximate surface area is 227 Å². The van der Waals surface area contributed by atoms with Gasteiger partial charge in [-0.25, -0.2) is 4.98 Å². The fourth-order valence-corrected chi connectivity index (χ4v) is 3.86. The maximum absolute atomic E-state index is 11.6. The number of rotatable bonds is 6. The Hall–Kier alpha value is -2.30. The smallest absolute Gasteiger partial charge is 0.228 e. The van der Waals surface area contributed by atoms with Crippen LogP contribution in [0.15, 0.2) is 29.8 Å². The van der Waals surface area contributed by atoms with Crippen molar-refractivity contribution in [2.24, 2.45) is 11.1 Å². The first-order valence-corrected chi connectivity index (χ1v) is 13.9. The standard InChI is InChI=1S/C12H12N2OS.C10H19NO2.C2H4BrNO.C2H6/c1-9-12(16-8-14-9)11-4-2-10(3-5-11)6-13-7-15;1-10(2,3)6-9(13)11-5-4-8(12)7-11;3-1-2(4)5;1-2/h2-5,7-8H,6H2,1H3,(H,13,15);8,12H,4-7H2,1-3H3;1H2,(H2,4,5);1-2H3. The zero-order valence-electron chi connectivity index (χ0n) is 22.2. The summed E-state index contributed by atoms with van der Waals surface area (Å²) in [6.45, 7) is 14.0. The summed E-state index contributed by atoms with van der Waals surface area (Å²) in [6, 6.07) is 8.15. The first-order valence-electron chi connectivity index (χ1n) is 11.9. The summed E-state index contributed by atoms with van der Waals surface area (Å²) in [4.78, 5) is 38.5. The quantitative estimate of drug-likeness (QED) is 0.345. The fraction of sp³-hybridized carbons (Fsp3) is 0.538. The number of carbonyl (C=O) groups is 3. The lowest BCUT2D eigenvalue weighted by Crippen LogP contribution is -2.32. The van der Waals surface area contributed by atoms with Crippen LogP contribution in [0.5, 0.6) is 0 Å². The van der Waals surface area contributed by atoms with Crippen molar-refractivity contribution < 1.29 is 19.5 Å². The molecule has 2 heterocycles. The van der Waals surface area contributed by atoms with Crippen molar-refractivity contribution in [3.8, 4) is 10.4 Å². The Morgan fingerprint density at radius 1 is 1.28 bits per heavy atom. The van der Waals surface area contributed by atoms with Gasteiger partial charge in [-0.1, -0.05) is 74.8 Å². The van der Waals surface area contributed by atoms with Crippen LogP contribution in [0.3, 0.4) is 0 Å². The van der Waals surface area contributed by atoms with E-state index in [-0.39, 0.29) is 28.7 Å². The highest BCUT2D eigenvalue weighted by Crippen LogP contribution is 2.27. The van der Waals surface area contributed by atoms with E-state index in [1.54, 1.807) is 16.2 Å². The molecule has 0 bridgehead atoms. The molecule has 3 rings (SSSR count). The number of nitrogens with zero attached hydrogens (tertiary/aromatic N) is 2. The Bertz CT molecular complexity index is 913. The number of aromatic nitrogens is 1. The number of thiazole rings is 1. The predicted molar refractivity (Wildman–Crippen MR) is 151 cm³/mol. The lowest BCUT2D eigenvalue weighted by atomic mass is 9.92. The van der Waals surface area contributed by atoms with Gasteiger partial charge in [-0.15, -0.1) is 11.3 Å².